The molecule has 0 aromatic heterocycles. The van der Waals surface area contributed by atoms with Crippen LogP contribution in [0.3, 0.4) is 0 Å². The summed E-state index contributed by atoms with van der Waals surface area (Å²) in [7, 11) is 1.51. The fourth-order valence-corrected chi connectivity index (χ4v) is 1.92. The molecule has 0 fully saturated rings. The number of methoxy groups -OCH3 is 1. The number of benzene rings is 1. The lowest BCUT2D eigenvalue weighted by Gasteiger charge is -2.18. The predicted octanol–water partition coefficient (Wildman–Crippen LogP) is 1.35. The molecule has 1 amide bonds. The van der Waals surface area contributed by atoms with E-state index in [1.165, 1.54) is 7.11 Å². The van der Waals surface area contributed by atoms with Crippen LogP contribution in [0.15, 0.2) is 18.2 Å². The van der Waals surface area contributed by atoms with Crippen LogP contribution in [0.2, 0.25) is 0 Å². The fourth-order valence-electron chi connectivity index (χ4n) is 1.92. The van der Waals surface area contributed by atoms with Crippen LogP contribution in [-0.2, 0) is 0 Å². The van der Waals surface area contributed by atoms with Crippen molar-refractivity contribution in [1.29, 1.82) is 0 Å². The average Bonchev–Trinajstić information content (AvgIpc) is 2.43. The molecule has 3 N–H and O–H groups in total. The lowest BCUT2D eigenvalue weighted by atomic mass is 10.1. The highest BCUT2D eigenvalue weighted by Gasteiger charge is 2.13. The van der Waals surface area contributed by atoms with Crippen molar-refractivity contribution in [2.75, 3.05) is 39.0 Å². The van der Waals surface area contributed by atoms with Crippen molar-refractivity contribution in [2.45, 2.75) is 13.8 Å². The number of nitrogens with zero attached hydrogens (tertiary/aromatic N) is 1. The lowest BCUT2D eigenvalue weighted by molar-refractivity contribution is 0.0946. The molecule has 19 heavy (non-hydrogen) atoms. The van der Waals surface area contributed by atoms with Gasteiger partial charge in [-0.2, -0.15) is 0 Å². The number of carbonyl (C=O) groups excluding carboxylic acids is 1. The van der Waals surface area contributed by atoms with Crippen molar-refractivity contribution in [1.82, 2.24) is 10.2 Å². The summed E-state index contributed by atoms with van der Waals surface area (Å²) in [5.41, 5.74) is 6.72. The van der Waals surface area contributed by atoms with E-state index in [1.54, 1.807) is 18.2 Å². The van der Waals surface area contributed by atoms with Crippen LogP contribution >= 0.6 is 0 Å². The number of para-hydroxylation sites is 1. The first kappa shape index (κ1) is 15.3. The zero-order valence-electron chi connectivity index (χ0n) is 11.9. The standard InChI is InChI=1S/C14H23N3O2/c1-4-17(5-2)10-9-16-14(18)11-7-6-8-12(15)13(11)19-3/h6-8H,4-5,9-10,15H2,1-3H3,(H,16,18). The van der Waals surface area contributed by atoms with Crippen molar-refractivity contribution in [3.8, 4) is 5.75 Å². The van der Waals surface area contributed by atoms with Crippen molar-refractivity contribution in [3.05, 3.63) is 23.8 Å². The van der Waals surface area contributed by atoms with E-state index >= 15 is 0 Å². The number of hydrogen-bond donors (Lipinski definition) is 2. The quantitative estimate of drug-likeness (QED) is 0.730. The highest BCUT2D eigenvalue weighted by molar-refractivity contribution is 5.98. The SMILES string of the molecule is CCN(CC)CCNC(=O)c1cccc(N)c1OC. The van der Waals surface area contributed by atoms with Gasteiger partial charge in [-0.05, 0) is 25.2 Å². The van der Waals surface area contributed by atoms with Gasteiger partial charge in [0, 0.05) is 13.1 Å². The summed E-state index contributed by atoms with van der Waals surface area (Å²) >= 11 is 0. The number of ether oxygens (including phenoxy) is 1. The number of hydrogen-bond acceptors (Lipinski definition) is 4. The predicted molar refractivity (Wildman–Crippen MR) is 77.5 cm³/mol. The van der Waals surface area contributed by atoms with E-state index in [-0.39, 0.29) is 5.91 Å². The third kappa shape index (κ3) is 4.13. The van der Waals surface area contributed by atoms with Crippen molar-refractivity contribution >= 4 is 11.6 Å². The molecule has 1 aromatic carbocycles. The second-order valence-electron chi connectivity index (χ2n) is 4.21. The Labute approximate surface area is 114 Å². The summed E-state index contributed by atoms with van der Waals surface area (Å²) in [6.45, 7) is 7.61. The van der Waals surface area contributed by atoms with Gasteiger partial charge in [-0.1, -0.05) is 19.9 Å². The number of amides is 1. The van der Waals surface area contributed by atoms with Gasteiger partial charge in [0.2, 0.25) is 0 Å². The fraction of sp³-hybridized carbons (Fsp3) is 0.500. The maximum atomic E-state index is 12.1. The number of nitrogens with two attached hydrogens (primary N) is 1. The Morgan fingerprint density at radius 3 is 2.63 bits per heavy atom. The summed E-state index contributed by atoms with van der Waals surface area (Å²) in [6, 6.07) is 5.17. The molecule has 0 atom stereocenters. The Hall–Kier alpha value is -1.75. The zero-order valence-corrected chi connectivity index (χ0v) is 11.9. The molecule has 0 saturated heterocycles. The van der Waals surface area contributed by atoms with Crippen molar-refractivity contribution < 1.29 is 9.53 Å². The van der Waals surface area contributed by atoms with E-state index in [0.29, 0.717) is 23.5 Å². The average molecular weight is 265 g/mol. The van der Waals surface area contributed by atoms with E-state index in [1.807, 2.05) is 0 Å². The van der Waals surface area contributed by atoms with Gasteiger partial charge in [0.05, 0.1) is 18.4 Å². The van der Waals surface area contributed by atoms with Gasteiger partial charge in [0.1, 0.15) is 0 Å². The molecule has 0 heterocycles. The Bertz CT molecular complexity index is 417. The maximum Gasteiger partial charge on any atom is 0.255 e. The Morgan fingerprint density at radius 1 is 1.37 bits per heavy atom. The first-order valence-corrected chi connectivity index (χ1v) is 6.57. The van der Waals surface area contributed by atoms with Gasteiger partial charge >= 0.3 is 0 Å². The lowest BCUT2D eigenvalue weighted by Crippen LogP contribution is -2.34. The highest BCUT2D eigenvalue weighted by atomic mass is 16.5. The van der Waals surface area contributed by atoms with Crippen LogP contribution in [-0.4, -0.2) is 44.1 Å². The first-order chi connectivity index (χ1) is 9.13. The Balaban J connectivity index is 2.61. The van der Waals surface area contributed by atoms with Crippen LogP contribution in [0.1, 0.15) is 24.2 Å². The molecular weight excluding hydrogens is 242 g/mol. The van der Waals surface area contributed by atoms with Gasteiger partial charge in [0.15, 0.2) is 5.75 Å². The zero-order chi connectivity index (χ0) is 14.3. The third-order valence-electron chi connectivity index (χ3n) is 3.10. The van der Waals surface area contributed by atoms with E-state index < -0.39 is 0 Å². The minimum absolute atomic E-state index is 0.156. The van der Waals surface area contributed by atoms with E-state index in [0.717, 1.165) is 19.6 Å². The number of nitrogen functional groups attached to an aromatic ring is 1. The molecule has 0 aliphatic heterocycles. The maximum absolute atomic E-state index is 12.1. The van der Waals surface area contributed by atoms with Gasteiger partial charge in [-0.15, -0.1) is 0 Å². The number of carbonyl (C=O) groups is 1. The van der Waals surface area contributed by atoms with Crippen LogP contribution in [0.4, 0.5) is 5.69 Å². The van der Waals surface area contributed by atoms with Gasteiger partial charge in [-0.25, -0.2) is 0 Å². The largest absolute Gasteiger partial charge is 0.494 e. The minimum atomic E-state index is -0.156. The molecule has 0 saturated carbocycles. The van der Waals surface area contributed by atoms with Crippen molar-refractivity contribution in [3.63, 3.8) is 0 Å². The summed E-state index contributed by atoms with van der Waals surface area (Å²) in [5, 5.41) is 2.88. The Morgan fingerprint density at radius 2 is 2.05 bits per heavy atom. The summed E-state index contributed by atoms with van der Waals surface area (Å²) in [4.78, 5) is 14.3. The summed E-state index contributed by atoms with van der Waals surface area (Å²) in [6.07, 6.45) is 0. The van der Waals surface area contributed by atoms with Crippen LogP contribution in [0, 0.1) is 0 Å². The molecule has 0 spiro atoms. The third-order valence-corrected chi connectivity index (χ3v) is 3.10. The Kier molecular flexibility index (Phi) is 6.15. The van der Waals surface area contributed by atoms with Crippen LogP contribution in [0.25, 0.3) is 0 Å². The topological polar surface area (TPSA) is 67.6 Å². The molecule has 1 rings (SSSR count). The number of nitrogens with one attached hydrogen (secondary N) is 1. The molecule has 1 aromatic rings. The molecule has 0 radical (unpaired) electrons. The summed E-state index contributed by atoms with van der Waals surface area (Å²) in [5.74, 6) is 0.277. The molecule has 0 aliphatic carbocycles. The van der Waals surface area contributed by atoms with E-state index in [2.05, 4.69) is 24.1 Å². The normalized spacial score (nSPS) is 10.5. The van der Waals surface area contributed by atoms with Gasteiger partial charge < -0.3 is 20.7 Å². The monoisotopic (exact) mass is 265 g/mol. The van der Waals surface area contributed by atoms with Crippen LogP contribution < -0.4 is 15.8 Å². The van der Waals surface area contributed by atoms with Gasteiger partial charge in [0.25, 0.3) is 5.91 Å². The number of anilines is 1. The van der Waals surface area contributed by atoms with E-state index in [4.69, 9.17) is 10.5 Å². The molecule has 5 nitrogen and oxygen atoms in total. The number of likely N-dealkylation sites (N-methyl/N-ethyl adjacent to an activating group) is 1. The first-order valence-electron chi connectivity index (χ1n) is 6.57. The second kappa shape index (κ2) is 7.63. The smallest absolute Gasteiger partial charge is 0.255 e. The molecular formula is C14H23N3O2. The molecule has 0 bridgehead atoms. The molecule has 5 heteroatoms. The molecule has 0 unspecified atom stereocenters. The van der Waals surface area contributed by atoms with Crippen molar-refractivity contribution in [2.24, 2.45) is 0 Å². The van der Waals surface area contributed by atoms with E-state index in [9.17, 15) is 4.79 Å². The van der Waals surface area contributed by atoms with Crippen LogP contribution in [0.5, 0.6) is 5.75 Å². The highest BCUT2D eigenvalue weighted by Crippen LogP contribution is 2.25. The second-order valence-corrected chi connectivity index (χ2v) is 4.21. The molecule has 106 valence electrons. The van der Waals surface area contributed by atoms with Gasteiger partial charge in [-0.3, -0.25) is 4.79 Å². The summed E-state index contributed by atoms with van der Waals surface area (Å²) < 4.78 is 5.17. The molecule has 0 aliphatic rings. The minimum Gasteiger partial charge on any atom is -0.494 e. The number of rotatable bonds is 7.